The van der Waals surface area contributed by atoms with Gasteiger partial charge in [-0.3, -0.25) is 0 Å². The van der Waals surface area contributed by atoms with Crippen LogP contribution in [0.3, 0.4) is 0 Å². The van der Waals surface area contributed by atoms with Crippen LogP contribution in [0.2, 0.25) is 0 Å². The predicted octanol–water partition coefficient (Wildman–Crippen LogP) is -0.0116. The average Bonchev–Trinajstić information content (AvgIpc) is 2.62. The Labute approximate surface area is 74.2 Å². The average molecular weight is 179 g/mol. The van der Waals surface area contributed by atoms with E-state index >= 15 is 0 Å². The van der Waals surface area contributed by atoms with Crippen molar-refractivity contribution in [2.75, 3.05) is 18.4 Å². The first-order valence-corrected chi connectivity index (χ1v) is 3.90. The molecule has 6 heteroatoms. The normalized spacial score (nSPS) is 10.5. The minimum absolute atomic E-state index is 0.481. The summed E-state index contributed by atoms with van der Waals surface area (Å²) in [4.78, 5) is 11.9. The summed E-state index contributed by atoms with van der Waals surface area (Å²) in [6.07, 6.45) is 2.76. The van der Waals surface area contributed by atoms with Crippen LogP contribution in [-0.2, 0) is 0 Å². The van der Waals surface area contributed by atoms with Gasteiger partial charge in [0.25, 0.3) is 5.71 Å². The molecule has 2 aromatic rings. The van der Waals surface area contributed by atoms with Crippen LogP contribution in [0.25, 0.3) is 11.2 Å². The summed E-state index contributed by atoms with van der Waals surface area (Å²) < 4.78 is 5.01. The molecule has 0 saturated carbocycles. The lowest BCUT2D eigenvalue weighted by Crippen LogP contribution is -2.14. The molecule has 2 aromatic heterocycles. The third-order valence-electron chi connectivity index (χ3n) is 1.57. The van der Waals surface area contributed by atoms with E-state index in [1.54, 1.807) is 0 Å². The molecule has 13 heavy (non-hydrogen) atoms. The molecule has 0 aromatic carbocycles. The van der Waals surface area contributed by atoms with Gasteiger partial charge in [0.05, 0.1) is 0 Å². The van der Waals surface area contributed by atoms with Crippen LogP contribution < -0.4 is 11.1 Å². The lowest BCUT2D eigenvalue weighted by Gasteiger charge is -2.01. The summed E-state index contributed by atoms with van der Waals surface area (Å²) in [6, 6.07) is 0. The van der Waals surface area contributed by atoms with Crippen LogP contribution in [0.1, 0.15) is 0 Å². The Morgan fingerprint density at radius 2 is 2.31 bits per heavy atom. The van der Waals surface area contributed by atoms with Gasteiger partial charge in [0.15, 0.2) is 17.7 Å². The summed E-state index contributed by atoms with van der Waals surface area (Å²) >= 11 is 0. The number of fused-ring (bicyclic) bond motifs is 1. The van der Waals surface area contributed by atoms with Crippen molar-refractivity contribution in [1.82, 2.24) is 15.0 Å². The molecule has 0 saturated heterocycles. The van der Waals surface area contributed by atoms with Gasteiger partial charge in [0.1, 0.15) is 6.33 Å². The second-order valence-corrected chi connectivity index (χ2v) is 2.44. The molecule has 0 unspecified atom stereocenters. The summed E-state index contributed by atoms with van der Waals surface area (Å²) in [5.41, 5.74) is 6.46. The van der Waals surface area contributed by atoms with Gasteiger partial charge in [-0.05, 0) is 0 Å². The third-order valence-corrected chi connectivity index (χ3v) is 1.57. The fourth-order valence-corrected chi connectivity index (χ4v) is 1.01. The van der Waals surface area contributed by atoms with Crippen molar-refractivity contribution < 1.29 is 4.42 Å². The van der Waals surface area contributed by atoms with Gasteiger partial charge in [-0.2, -0.15) is 4.98 Å². The van der Waals surface area contributed by atoms with Crippen molar-refractivity contribution >= 4 is 17.0 Å². The van der Waals surface area contributed by atoms with E-state index < -0.39 is 0 Å². The van der Waals surface area contributed by atoms with Crippen LogP contribution in [0.5, 0.6) is 0 Å². The number of nitrogens with two attached hydrogens (primary N) is 1. The second kappa shape index (κ2) is 3.36. The Hall–Kier alpha value is -1.69. The van der Waals surface area contributed by atoms with E-state index in [9.17, 15) is 0 Å². The van der Waals surface area contributed by atoms with Crippen molar-refractivity contribution in [2.45, 2.75) is 0 Å². The van der Waals surface area contributed by atoms with Crippen LogP contribution in [0.4, 0.5) is 5.82 Å². The zero-order chi connectivity index (χ0) is 9.10. The van der Waals surface area contributed by atoms with E-state index in [0.29, 0.717) is 30.1 Å². The smallest absolute Gasteiger partial charge is 0.251 e. The van der Waals surface area contributed by atoms with Crippen molar-refractivity contribution in [3.8, 4) is 0 Å². The Bertz CT molecular complexity index is 398. The quantitative estimate of drug-likeness (QED) is 0.688. The summed E-state index contributed by atoms with van der Waals surface area (Å²) in [7, 11) is 0. The maximum Gasteiger partial charge on any atom is 0.251 e. The van der Waals surface area contributed by atoms with Crippen LogP contribution in [0, 0.1) is 0 Å². The molecule has 68 valence electrons. The first-order chi connectivity index (χ1) is 6.42. The Balaban J connectivity index is 2.37. The van der Waals surface area contributed by atoms with Gasteiger partial charge in [0.2, 0.25) is 0 Å². The van der Waals surface area contributed by atoms with Gasteiger partial charge in [-0.25, -0.2) is 9.97 Å². The minimum Gasteiger partial charge on any atom is -0.425 e. The minimum atomic E-state index is 0.481. The SMILES string of the molecule is NCCNc1ncnc2ocnc12. The number of hydrogen-bond acceptors (Lipinski definition) is 6. The molecule has 0 radical (unpaired) electrons. The molecule has 0 spiro atoms. The Morgan fingerprint density at radius 3 is 3.15 bits per heavy atom. The molecule has 0 amide bonds. The number of hydrogen-bond donors (Lipinski definition) is 2. The lowest BCUT2D eigenvalue weighted by atomic mass is 10.5. The third kappa shape index (κ3) is 1.43. The molecule has 0 aliphatic heterocycles. The van der Waals surface area contributed by atoms with Crippen molar-refractivity contribution in [3.05, 3.63) is 12.7 Å². The molecule has 2 heterocycles. The predicted molar refractivity (Wildman–Crippen MR) is 47.1 cm³/mol. The van der Waals surface area contributed by atoms with Gasteiger partial charge in [-0.1, -0.05) is 0 Å². The standard InChI is InChI=1S/C7H9N5O/c8-1-2-9-6-5-7(11-3-10-6)13-4-12-5/h3-4H,1-2,8H2,(H,9,10,11). The summed E-state index contributed by atoms with van der Waals surface area (Å²) in [5, 5.41) is 3.02. The number of nitrogens with zero attached hydrogens (tertiary/aromatic N) is 3. The molecule has 0 bridgehead atoms. The summed E-state index contributed by atoms with van der Waals surface area (Å²) in [6.45, 7) is 1.20. The van der Waals surface area contributed by atoms with Gasteiger partial charge >= 0.3 is 0 Å². The lowest BCUT2D eigenvalue weighted by molar-refractivity contribution is 0.590. The number of rotatable bonds is 3. The fraction of sp³-hybridized carbons (Fsp3) is 0.286. The van der Waals surface area contributed by atoms with Crippen molar-refractivity contribution in [1.29, 1.82) is 0 Å². The molecule has 0 aliphatic rings. The molecular formula is C7H9N5O. The molecule has 0 aliphatic carbocycles. The molecule has 0 fully saturated rings. The first-order valence-electron chi connectivity index (χ1n) is 3.90. The van der Waals surface area contributed by atoms with Crippen molar-refractivity contribution in [2.24, 2.45) is 5.73 Å². The molecular weight excluding hydrogens is 170 g/mol. The fourth-order valence-electron chi connectivity index (χ4n) is 1.01. The van der Waals surface area contributed by atoms with Crippen LogP contribution in [0.15, 0.2) is 17.1 Å². The molecule has 0 atom stereocenters. The molecule has 2 rings (SSSR count). The second-order valence-electron chi connectivity index (χ2n) is 2.44. The largest absolute Gasteiger partial charge is 0.425 e. The number of oxazole rings is 1. The molecule has 6 nitrogen and oxygen atoms in total. The first kappa shape index (κ1) is 7.93. The van der Waals surface area contributed by atoms with Crippen LogP contribution >= 0.6 is 0 Å². The Kier molecular flexibility index (Phi) is 2.05. The van der Waals surface area contributed by atoms with Gasteiger partial charge in [0, 0.05) is 13.1 Å². The van der Waals surface area contributed by atoms with Crippen molar-refractivity contribution in [3.63, 3.8) is 0 Å². The molecule has 3 N–H and O–H groups in total. The monoisotopic (exact) mass is 179 g/mol. The highest BCUT2D eigenvalue weighted by atomic mass is 16.3. The van der Waals surface area contributed by atoms with Gasteiger partial charge in [-0.15, -0.1) is 0 Å². The number of anilines is 1. The highest BCUT2D eigenvalue weighted by molar-refractivity contribution is 5.80. The summed E-state index contributed by atoms with van der Waals surface area (Å²) in [5.74, 6) is 0.657. The van der Waals surface area contributed by atoms with Crippen LogP contribution in [-0.4, -0.2) is 28.0 Å². The number of aromatic nitrogens is 3. The topological polar surface area (TPSA) is 89.9 Å². The number of nitrogens with one attached hydrogen (secondary N) is 1. The Morgan fingerprint density at radius 1 is 1.38 bits per heavy atom. The highest BCUT2D eigenvalue weighted by Crippen LogP contribution is 2.15. The van der Waals surface area contributed by atoms with E-state index in [1.165, 1.54) is 12.7 Å². The van der Waals surface area contributed by atoms with E-state index in [2.05, 4.69) is 20.3 Å². The zero-order valence-electron chi connectivity index (χ0n) is 6.90. The maximum atomic E-state index is 5.35. The van der Waals surface area contributed by atoms with E-state index in [0.717, 1.165) is 0 Å². The van der Waals surface area contributed by atoms with E-state index in [1.807, 2.05) is 0 Å². The van der Waals surface area contributed by atoms with E-state index in [-0.39, 0.29) is 0 Å². The van der Waals surface area contributed by atoms with Gasteiger partial charge < -0.3 is 15.5 Å². The highest BCUT2D eigenvalue weighted by Gasteiger charge is 2.05. The van der Waals surface area contributed by atoms with E-state index in [4.69, 9.17) is 10.2 Å². The maximum absolute atomic E-state index is 5.35. The zero-order valence-corrected chi connectivity index (χ0v) is 6.90.